The molecule has 22 heavy (non-hydrogen) atoms. The molecule has 0 aliphatic carbocycles. The van der Waals surface area contributed by atoms with Gasteiger partial charge in [0.2, 0.25) is 0 Å². The van der Waals surface area contributed by atoms with Gasteiger partial charge in [0.25, 0.3) is 5.91 Å². The molecule has 1 heterocycles. The molecule has 1 aromatic carbocycles. The Morgan fingerprint density at radius 2 is 1.95 bits per heavy atom. The molecule has 0 saturated heterocycles. The van der Waals surface area contributed by atoms with Gasteiger partial charge in [-0.15, -0.1) is 0 Å². The minimum atomic E-state index is -0.914. The molecule has 0 bridgehead atoms. The maximum atomic E-state index is 12.5. The van der Waals surface area contributed by atoms with Gasteiger partial charge in [-0.3, -0.25) is 9.59 Å². The molecule has 0 aliphatic rings. The van der Waals surface area contributed by atoms with Crippen molar-refractivity contribution in [3.05, 3.63) is 47.8 Å². The van der Waals surface area contributed by atoms with E-state index in [4.69, 9.17) is 5.11 Å². The number of hydrogen-bond acceptors (Lipinski definition) is 3. The number of hydrogen-bond donors (Lipinski definition) is 1. The average Bonchev–Trinajstić information content (AvgIpc) is 2.90. The summed E-state index contributed by atoms with van der Waals surface area (Å²) >= 11 is 0. The summed E-state index contributed by atoms with van der Waals surface area (Å²) in [4.78, 5) is 24.7. The molecule has 0 fully saturated rings. The van der Waals surface area contributed by atoms with Crippen molar-refractivity contribution in [1.29, 1.82) is 0 Å². The van der Waals surface area contributed by atoms with Crippen LogP contribution in [0, 0.1) is 6.92 Å². The Hall–Kier alpha value is -2.63. The lowest BCUT2D eigenvalue weighted by atomic mass is 10.2. The molecule has 0 unspecified atom stereocenters. The van der Waals surface area contributed by atoms with E-state index >= 15 is 0 Å². The molecule has 0 saturated carbocycles. The first kappa shape index (κ1) is 15.8. The predicted octanol–water partition coefficient (Wildman–Crippen LogP) is 2.12. The van der Waals surface area contributed by atoms with E-state index in [2.05, 4.69) is 5.10 Å². The van der Waals surface area contributed by atoms with Crippen LogP contribution in [0.15, 0.2) is 36.5 Å². The van der Waals surface area contributed by atoms with Gasteiger partial charge in [0.05, 0.1) is 29.6 Å². The van der Waals surface area contributed by atoms with Crippen LogP contribution in [0.5, 0.6) is 0 Å². The summed E-state index contributed by atoms with van der Waals surface area (Å²) in [6.07, 6.45) is 1.47. The lowest BCUT2D eigenvalue weighted by molar-refractivity contribution is -0.137. The molecule has 1 amide bonds. The van der Waals surface area contributed by atoms with Crippen molar-refractivity contribution in [3.63, 3.8) is 0 Å². The molecule has 0 radical (unpaired) electrons. The van der Waals surface area contributed by atoms with Crippen molar-refractivity contribution in [2.24, 2.45) is 0 Å². The number of benzene rings is 1. The zero-order chi connectivity index (χ0) is 16.1. The van der Waals surface area contributed by atoms with Gasteiger partial charge in [-0.25, -0.2) is 4.68 Å². The Morgan fingerprint density at radius 3 is 2.55 bits per heavy atom. The lowest BCUT2D eigenvalue weighted by Crippen LogP contribution is -2.33. The first-order chi connectivity index (χ1) is 10.5. The summed E-state index contributed by atoms with van der Waals surface area (Å²) in [5.74, 6) is -1.11. The number of amides is 1. The van der Waals surface area contributed by atoms with Gasteiger partial charge < -0.3 is 10.0 Å². The molecule has 2 rings (SSSR count). The highest BCUT2D eigenvalue weighted by atomic mass is 16.4. The Labute approximate surface area is 129 Å². The highest BCUT2D eigenvalue weighted by Gasteiger charge is 2.20. The zero-order valence-corrected chi connectivity index (χ0v) is 12.7. The number of para-hydroxylation sites is 1. The maximum Gasteiger partial charge on any atom is 0.305 e. The van der Waals surface area contributed by atoms with Crippen LogP contribution in [0.3, 0.4) is 0 Å². The van der Waals surface area contributed by atoms with Gasteiger partial charge in [0, 0.05) is 13.1 Å². The maximum absolute atomic E-state index is 12.5. The number of carbonyl (C=O) groups excluding carboxylic acids is 1. The van der Waals surface area contributed by atoms with Crippen molar-refractivity contribution in [1.82, 2.24) is 14.7 Å². The van der Waals surface area contributed by atoms with Gasteiger partial charge in [-0.2, -0.15) is 5.10 Å². The second-order valence-corrected chi connectivity index (χ2v) is 4.92. The van der Waals surface area contributed by atoms with Crippen molar-refractivity contribution < 1.29 is 14.7 Å². The third-order valence-corrected chi connectivity index (χ3v) is 3.51. The van der Waals surface area contributed by atoms with E-state index in [0.29, 0.717) is 12.1 Å². The Morgan fingerprint density at radius 1 is 1.27 bits per heavy atom. The van der Waals surface area contributed by atoms with E-state index < -0.39 is 5.97 Å². The first-order valence-corrected chi connectivity index (χ1v) is 7.15. The van der Waals surface area contributed by atoms with E-state index in [9.17, 15) is 9.59 Å². The summed E-state index contributed by atoms with van der Waals surface area (Å²) < 4.78 is 1.71. The Kier molecular flexibility index (Phi) is 4.93. The Balaban J connectivity index is 2.24. The summed E-state index contributed by atoms with van der Waals surface area (Å²) in [7, 11) is 0. The van der Waals surface area contributed by atoms with Crippen LogP contribution in [-0.2, 0) is 4.79 Å². The minimum absolute atomic E-state index is 0.0640. The van der Waals surface area contributed by atoms with Gasteiger partial charge in [0.15, 0.2) is 0 Å². The SMILES string of the molecule is CCN(CCC(=O)O)C(=O)c1cnn(-c2ccccc2)c1C. The van der Waals surface area contributed by atoms with Gasteiger partial charge in [-0.05, 0) is 26.0 Å². The number of nitrogens with zero attached hydrogens (tertiary/aromatic N) is 3. The molecular formula is C16H19N3O3. The molecular weight excluding hydrogens is 282 g/mol. The molecule has 0 atom stereocenters. The third kappa shape index (κ3) is 3.33. The lowest BCUT2D eigenvalue weighted by Gasteiger charge is -2.19. The van der Waals surface area contributed by atoms with Crippen molar-refractivity contribution in [2.45, 2.75) is 20.3 Å². The predicted molar refractivity (Wildman–Crippen MR) is 82.1 cm³/mol. The fourth-order valence-corrected chi connectivity index (χ4v) is 2.25. The monoisotopic (exact) mass is 301 g/mol. The Bertz CT molecular complexity index is 665. The quantitative estimate of drug-likeness (QED) is 0.886. The van der Waals surface area contributed by atoms with Gasteiger partial charge in [0.1, 0.15) is 0 Å². The summed E-state index contributed by atoms with van der Waals surface area (Å²) in [5, 5.41) is 13.0. The minimum Gasteiger partial charge on any atom is -0.481 e. The number of carbonyl (C=O) groups is 2. The van der Waals surface area contributed by atoms with Crippen LogP contribution in [0.25, 0.3) is 5.69 Å². The van der Waals surface area contributed by atoms with Crippen molar-refractivity contribution in [3.8, 4) is 5.69 Å². The molecule has 6 nitrogen and oxygen atoms in total. The normalized spacial score (nSPS) is 10.5. The molecule has 0 spiro atoms. The first-order valence-electron chi connectivity index (χ1n) is 7.15. The van der Waals surface area contributed by atoms with Crippen molar-refractivity contribution >= 4 is 11.9 Å². The fourth-order valence-electron chi connectivity index (χ4n) is 2.25. The number of carboxylic acids is 1. The third-order valence-electron chi connectivity index (χ3n) is 3.51. The van der Waals surface area contributed by atoms with Crippen LogP contribution in [0.4, 0.5) is 0 Å². The van der Waals surface area contributed by atoms with Gasteiger partial charge >= 0.3 is 5.97 Å². The van der Waals surface area contributed by atoms with E-state index in [1.165, 1.54) is 11.1 Å². The summed E-state index contributed by atoms with van der Waals surface area (Å²) in [6.45, 7) is 4.32. The molecule has 1 N–H and O–H groups in total. The second-order valence-electron chi connectivity index (χ2n) is 4.92. The van der Waals surface area contributed by atoms with E-state index in [0.717, 1.165) is 11.4 Å². The molecule has 1 aromatic heterocycles. The molecule has 2 aromatic rings. The van der Waals surface area contributed by atoms with E-state index in [-0.39, 0.29) is 18.9 Å². The van der Waals surface area contributed by atoms with E-state index in [1.807, 2.05) is 44.2 Å². The second kappa shape index (κ2) is 6.89. The van der Waals surface area contributed by atoms with Crippen LogP contribution in [0.1, 0.15) is 29.4 Å². The van der Waals surface area contributed by atoms with Gasteiger partial charge in [-0.1, -0.05) is 18.2 Å². The topological polar surface area (TPSA) is 75.4 Å². The highest BCUT2D eigenvalue weighted by molar-refractivity contribution is 5.95. The number of carboxylic acid groups (broad SMARTS) is 1. The van der Waals surface area contributed by atoms with Crippen LogP contribution in [-0.4, -0.2) is 44.8 Å². The molecule has 0 aliphatic heterocycles. The zero-order valence-electron chi connectivity index (χ0n) is 12.7. The number of aliphatic carboxylic acids is 1. The summed E-state index contributed by atoms with van der Waals surface area (Å²) in [5.41, 5.74) is 2.12. The van der Waals surface area contributed by atoms with Crippen LogP contribution >= 0.6 is 0 Å². The van der Waals surface area contributed by atoms with Crippen LogP contribution < -0.4 is 0 Å². The average molecular weight is 301 g/mol. The molecule has 6 heteroatoms. The number of aromatic nitrogens is 2. The van der Waals surface area contributed by atoms with Crippen molar-refractivity contribution in [2.75, 3.05) is 13.1 Å². The highest BCUT2D eigenvalue weighted by Crippen LogP contribution is 2.15. The largest absolute Gasteiger partial charge is 0.481 e. The molecule has 116 valence electrons. The smallest absolute Gasteiger partial charge is 0.305 e. The van der Waals surface area contributed by atoms with Crippen LogP contribution in [0.2, 0.25) is 0 Å². The number of rotatable bonds is 6. The standard InChI is InChI=1S/C16H19N3O3/c1-3-18(10-9-15(20)21)16(22)14-11-17-19(12(14)2)13-7-5-4-6-8-13/h4-8,11H,3,9-10H2,1-2H3,(H,20,21). The summed E-state index contributed by atoms with van der Waals surface area (Å²) in [6, 6.07) is 9.55. The van der Waals surface area contributed by atoms with E-state index in [1.54, 1.807) is 4.68 Å². The fraction of sp³-hybridized carbons (Fsp3) is 0.312.